The molecule has 4 N–H and O–H groups in total. The fourth-order valence-corrected chi connectivity index (χ4v) is 10.8. The van der Waals surface area contributed by atoms with Crippen molar-refractivity contribution in [1.82, 2.24) is 0 Å². The first kappa shape index (κ1) is 25.2. The van der Waals surface area contributed by atoms with Crippen LogP contribution < -0.4 is 0 Å². The summed E-state index contributed by atoms with van der Waals surface area (Å²) in [7, 11) is 0. The Morgan fingerprint density at radius 3 is 2.15 bits per heavy atom. The molecule has 0 saturated heterocycles. The van der Waals surface area contributed by atoms with Crippen molar-refractivity contribution >= 4 is 0 Å². The molecule has 10 atom stereocenters. The summed E-state index contributed by atoms with van der Waals surface area (Å²) >= 11 is 0. The van der Waals surface area contributed by atoms with Crippen molar-refractivity contribution in [2.24, 2.45) is 50.2 Å². The van der Waals surface area contributed by atoms with Crippen LogP contribution in [0.1, 0.15) is 99.8 Å². The molecule has 4 nitrogen and oxygen atoms in total. The number of hydrogen-bond acceptors (Lipinski definition) is 4. The van der Waals surface area contributed by atoms with Gasteiger partial charge in [0.25, 0.3) is 0 Å². The largest absolute Gasteiger partial charge is 0.396 e. The van der Waals surface area contributed by atoms with Crippen LogP contribution in [0.4, 0.5) is 0 Å². The number of rotatable bonds is 1. The maximum Gasteiger partial charge on any atom is 0.0888 e. The average molecular weight is 475 g/mol. The Labute approximate surface area is 207 Å². The first-order valence-electron chi connectivity index (χ1n) is 14.0. The van der Waals surface area contributed by atoms with Gasteiger partial charge >= 0.3 is 0 Å². The number of fused-ring (bicyclic) bond motifs is 7. The lowest BCUT2D eigenvalue weighted by Crippen LogP contribution is -2.67. The molecule has 0 aromatic heterocycles. The highest BCUT2D eigenvalue weighted by Gasteiger charge is 2.69. The Balaban J connectivity index is 1.60. The van der Waals surface area contributed by atoms with Crippen LogP contribution in [0.15, 0.2) is 11.6 Å². The van der Waals surface area contributed by atoms with Crippen LogP contribution in [-0.4, -0.2) is 45.3 Å². The van der Waals surface area contributed by atoms with Crippen molar-refractivity contribution < 1.29 is 20.4 Å². The van der Waals surface area contributed by atoms with E-state index in [4.69, 9.17) is 0 Å². The lowest BCUT2D eigenvalue weighted by atomic mass is 9.33. The summed E-state index contributed by atoms with van der Waals surface area (Å²) in [6, 6.07) is 0. The van der Waals surface area contributed by atoms with E-state index in [1.807, 2.05) is 0 Å². The third kappa shape index (κ3) is 2.81. The monoisotopic (exact) mass is 474 g/mol. The molecule has 0 aromatic carbocycles. The second-order valence-electron chi connectivity index (χ2n) is 15.2. The van der Waals surface area contributed by atoms with E-state index in [1.54, 1.807) is 0 Å². The summed E-state index contributed by atoms with van der Waals surface area (Å²) in [4.78, 5) is 0. The summed E-state index contributed by atoms with van der Waals surface area (Å²) in [5.41, 5.74) is 0.801. The Hall–Kier alpha value is -0.420. The van der Waals surface area contributed by atoms with Crippen LogP contribution in [0.5, 0.6) is 0 Å². The van der Waals surface area contributed by atoms with Gasteiger partial charge in [0.15, 0.2) is 0 Å². The van der Waals surface area contributed by atoms with Crippen molar-refractivity contribution in [3.63, 3.8) is 0 Å². The molecule has 4 heteroatoms. The van der Waals surface area contributed by atoms with E-state index in [1.165, 1.54) is 18.4 Å². The predicted molar refractivity (Wildman–Crippen MR) is 135 cm³/mol. The minimum atomic E-state index is -0.892. The standard InChI is InChI=1S/C30H50O4/c1-25(2)16-19-18-8-9-21-27(5)12-11-22(32)26(3,4)20(27)10-13-29(21,7)28(18,6)14-15-30(19,17-31)24(34)23(25)33/h8,19-24,31-34H,9-17H2,1-7H3. The Morgan fingerprint density at radius 1 is 0.824 bits per heavy atom. The Kier molecular flexibility index (Phi) is 5.44. The van der Waals surface area contributed by atoms with Crippen LogP contribution in [0.3, 0.4) is 0 Å². The van der Waals surface area contributed by atoms with E-state index < -0.39 is 17.6 Å². The summed E-state index contributed by atoms with van der Waals surface area (Å²) in [5.74, 6) is 1.22. The van der Waals surface area contributed by atoms with Crippen LogP contribution >= 0.6 is 0 Å². The summed E-state index contributed by atoms with van der Waals surface area (Å²) in [6.45, 7) is 16.2. The molecule has 0 amide bonds. The summed E-state index contributed by atoms with van der Waals surface area (Å²) in [5, 5.41) is 43.9. The molecular formula is C30H50O4. The zero-order valence-electron chi connectivity index (χ0n) is 22.7. The van der Waals surface area contributed by atoms with Gasteiger partial charge in [-0.25, -0.2) is 0 Å². The van der Waals surface area contributed by atoms with Crippen LogP contribution in [0.2, 0.25) is 0 Å². The quantitative estimate of drug-likeness (QED) is 0.399. The molecule has 5 rings (SSSR count). The minimum Gasteiger partial charge on any atom is -0.396 e. The van der Waals surface area contributed by atoms with Gasteiger partial charge in [-0.15, -0.1) is 0 Å². The first-order valence-corrected chi connectivity index (χ1v) is 14.0. The maximum absolute atomic E-state index is 11.3. The molecule has 10 unspecified atom stereocenters. The number of hydrogen-bond donors (Lipinski definition) is 4. The van der Waals surface area contributed by atoms with Gasteiger partial charge in [-0.3, -0.25) is 0 Å². The first-order chi connectivity index (χ1) is 15.6. The third-order valence-corrected chi connectivity index (χ3v) is 13.4. The van der Waals surface area contributed by atoms with Gasteiger partial charge in [0.1, 0.15) is 0 Å². The molecule has 5 aliphatic rings. The van der Waals surface area contributed by atoms with E-state index in [2.05, 4.69) is 54.5 Å². The molecule has 4 fully saturated rings. The second-order valence-corrected chi connectivity index (χ2v) is 15.2. The van der Waals surface area contributed by atoms with Crippen LogP contribution in [0.25, 0.3) is 0 Å². The molecule has 194 valence electrons. The van der Waals surface area contributed by atoms with Crippen molar-refractivity contribution in [3.05, 3.63) is 11.6 Å². The van der Waals surface area contributed by atoms with Gasteiger partial charge in [0.2, 0.25) is 0 Å². The molecule has 0 aromatic rings. The molecule has 0 bridgehead atoms. The molecule has 4 saturated carbocycles. The normalized spacial score (nSPS) is 55.8. The fraction of sp³-hybridized carbons (Fsp3) is 0.933. The Morgan fingerprint density at radius 2 is 1.50 bits per heavy atom. The minimum absolute atomic E-state index is 0.0333. The highest BCUT2D eigenvalue weighted by molar-refractivity contribution is 5.35. The van der Waals surface area contributed by atoms with E-state index in [0.717, 1.165) is 38.5 Å². The number of allylic oxidation sites excluding steroid dienone is 2. The zero-order valence-corrected chi connectivity index (χ0v) is 22.7. The average Bonchev–Trinajstić information content (AvgIpc) is 2.76. The van der Waals surface area contributed by atoms with Crippen molar-refractivity contribution in [2.45, 2.75) is 118 Å². The van der Waals surface area contributed by atoms with Crippen LogP contribution in [-0.2, 0) is 0 Å². The van der Waals surface area contributed by atoms with Crippen LogP contribution in [0, 0.1) is 50.2 Å². The zero-order chi connectivity index (χ0) is 25.1. The topological polar surface area (TPSA) is 80.9 Å². The molecule has 0 heterocycles. The molecule has 0 radical (unpaired) electrons. The van der Waals surface area contributed by atoms with Gasteiger partial charge < -0.3 is 20.4 Å². The lowest BCUT2D eigenvalue weighted by Gasteiger charge is -2.72. The van der Waals surface area contributed by atoms with Gasteiger partial charge in [0, 0.05) is 5.41 Å². The molecule has 34 heavy (non-hydrogen) atoms. The predicted octanol–water partition coefficient (Wildman–Crippen LogP) is 5.08. The smallest absolute Gasteiger partial charge is 0.0888 e. The highest BCUT2D eigenvalue weighted by atomic mass is 16.3. The van der Waals surface area contributed by atoms with Gasteiger partial charge in [-0.2, -0.15) is 0 Å². The highest BCUT2D eigenvalue weighted by Crippen LogP contribution is 2.75. The van der Waals surface area contributed by atoms with E-state index >= 15 is 0 Å². The van der Waals surface area contributed by atoms with E-state index in [0.29, 0.717) is 11.8 Å². The van der Waals surface area contributed by atoms with E-state index in [-0.39, 0.29) is 45.7 Å². The van der Waals surface area contributed by atoms with Crippen molar-refractivity contribution in [1.29, 1.82) is 0 Å². The Bertz CT molecular complexity index is 877. The third-order valence-electron chi connectivity index (χ3n) is 13.4. The lowest BCUT2D eigenvalue weighted by molar-refractivity contribution is -0.227. The number of aliphatic hydroxyl groups is 4. The number of aliphatic hydroxyl groups excluding tert-OH is 4. The van der Waals surface area contributed by atoms with Crippen molar-refractivity contribution in [2.75, 3.05) is 6.61 Å². The van der Waals surface area contributed by atoms with Crippen molar-refractivity contribution in [3.8, 4) is 0 Å². The molecule has 5 aliphatic carbocycles. The van der Waals surface area contributed by atoms with Gasteiger partial charge in [-0.1, -0.05) is 60.1 Å². The molecular weight excluding hydrogens is 424 g/mol. The molecule has 0 aliphatic heterocycles. The fourth-order valence-electron chi connectivity index (χ4n) is 10.8. The maximum atomic E-state index is 11.3. The van der Waals surface area contributed by atoms with Gasteiger partial charge in [0.05, 0.1) is 24.9 Å². The summed E-state index contributed by atoms with van der Waals surface area (Å²) < 4.78 is 0. The SMILES string of the molecule is CC1(C)CC2C3=CCC4C5(C)CCC(O)C(C)(C)C5CCC4(C)C3(C)CCC2(CO)C(O)C1O. The van der Waals surface area contributed by atoms with E-state index in [9.17, 15) is 20.4 Å². The molecule has 0 spiro atoms. The summed E-state index contributed by atoms with van der Waals surface area (Å²) in [6.07, 6.45) is 8.54. The second kappa shape index (κ2) is 7.33. The van der Waals surface area contributed by atoms with Gasteiger partial charge in [-0.05, 0) is 96.2 Å².